The Kier molecular flexibility index (Phi) is 16.2. The van der Waals surface area contributed by atoms with Crippen LogP contribution in [0.25, 0.3) is 11.1 Å². The normalized spacial score (nSPS) is 14.6. The maximum Gasteiger partial charge on any atom is 0.488 e. The molecule has 6 nitrogen and oxygen atoms in total. The molecule has 2 amide bonds. The van der Waals surface area contributed by atoms with Gasteiger partial charge in [0, 0.05) is 29.4 Å². The summed E-state index contributed by atoms with van der Waals surface area (Å²) in [4.78, 5) is 23.9. The van der Waals surface area contributed by atoms with Gasteiger partial charge in [0.15, 0.2) is 0 Å². The van der Waals surface area contributed by atoms with Gasteiger partial charge in [-0.05, 0) is 109 Å². The summed E-state index contributed by atoms with van der Waals surface area (Å²) in [5.41, 5.74) is 2.49. The average Bonchev–Trinajstić information content (AvgIpc) is 3.89. The lowest BCUT2D eigenvalue weighted by atomic mass is 9.78. The summed E-state index contributed by atoms with van der Waals surface area (Å²) in [6, 6.07) is 22.4. The molecule has 0 unspecified atom stereocenters. The molecule has 2 saturated carbocycles. The van der Waals surface area contributed by atoms with Gasteiger partial charge in [-0.3, -0.25) is 9.59 Å². The van der Waals surface area contributed by atoms with E-state index in [2.05, 4.69) is 26.6 Å². The van der Waals surface area contributed by atoms with Gasteiger partial charge in [-0.1, -0.05) is 95.7 Å². The standard InChI is InChI=1S/C21H22F3NO.C13H16BrNO.C8H8BF3O2/c1-14-9-18(12-19(10-14)21(22,23)24)17-8-4-5-15(11-17)13-25-20(26)16-6-2-3-7-16;14-12-7-3-4-10(8-12)9-15-13(16)11-5-1-2-6-11;1-5-2-6(8(10,11)12)4-7(3-5)9(13)14/h4-5,8-12,16H,2-3,6-7,13H2,1H3,(H,25,26);3-4,7-8,11H,1-2,5-6,9H2,(H,15,16);2-4,13-14H,1H3. The van der Waals surface area contributed by atoms with Crippen LogP contribution in [0.15, 0.2) is 89.4 Å². The van der Waals surface area contributed by atoms with Crippen LogP contribution in [0, 0.1) is 25.7 Å². The van der Waals surface area contributed by atoms with E-state index in [1.807, 2.05) is 42.5 Å². The third-order valence-corrected chi connectivity index (χ3v) is 10.2. The highest BCUT2D eigenvalue weighted by Crippen LogP contribution is 2.34. The number of carbonyl (C=O) groups excluding carboxylic acids is 2. The van der Waals surface area contributed by atoms with Gasteiger partial charge in [-0.15, -0.1) is 0 Å². The summed E-state index contributed by atoms with van der Waals surface area (Å²) in [6.07, 6.45) is -0.225. The number of carbonyl (C=O) groups is 2. The van der Waals surface area contributed by atoms with Crippen LogP contribution >= 0.6 is 15.9 Å². The van der Waals surface area contributed by atoms with E-state index in [4.69, 9.17) is 10.0 Å². The fraction of sp³-hybridized carbons (Fsp3) is 0.381. The van der Waals surface area contributed by atoms with Crippen molar-refractivity contribution in [3.05, 3.63) is 123 Å². The fourth-order valence-electron chi connectivity index (χ4n) is 6.79. The SMILES string of the molecule is Cc1cc(-c2cccc(CNC(=O)C3CCCC3)c2)cc(C(F)(F)F)c1.Cc1cc(B(O)O)cc(C(F)(F)F)c1.O=C(NCc1cccc(Br)c1)C1CCCC1. The number of nitrogens with one attached hydrogen (secondary N) is 2. The Morgan fingerprint density at radius 1 is 0.643 bits per heavy atom. The first kappa shape index (κ1) is 44.6. The molecule has 0 radical (unpaired) electrons. The van der Waals surface area contributed by atoms with Crippen molar-refractivity contribution in [1.29, 1.82) is 0 Å². The molecule has 6 rings (SSSR count). The van der Waals surface area contributed by atoms with E-state index < -0.39 is 30.6 Å². The molecule has 4 N–H and O–H groups in total. The van der Waals surface area contributed by atoms with Gasteiger partial charge in [0.25, 0.3) is 0 Å². The van der Waals surface area contributed by atoms with Crippen molar-refractivity contribution in [2.24, 2.45) is 11.8 Å². The van der Waals surface area contributed by atoms with Gasteiger partial charge in [0.05, 0.1) is 11.1 Å². The molecule has 4 aromatic carbocycles. The zero-order chi connectivity index (χ0) is 41.0. The molecule has 0 spiro atoms. The number of benzene rings is 4. The zero-order valence-electron chi connectivity index (χ0n) is 31.2. The van der Waals surface area contributed by atoms with Crippen molar-refractivity contribution in [1.82, 2.24) is 10.6 Å². The largest absolute Gasteiger partial charge is 0.488 e. The fourth-order valence-corrected chi connectivity index (χ4v) is 7.24. The molecule has 0 aromatic heterocycles. The minimum Gasteiger partial charge on any atom is -0.423 e. The smallest absolute Gasteiger partial charge is 0.423 e. The first-order valence-electron chi connectivity index (χ1n) is 18.5. The molecule has 0 saturated heterocycles. The van der Waals surface area contributed by atoms with Crippen molar-refractivity contribution < 1.29 is 46.0 Å². The summed E-state index contributed by atoms with van der Waals surface area (Å²) in [5.74, 6) is 0.650. The van der Waals surface area contributed by atoms with Gasteiger partial charge in [0.2, 0.25) is 11.8 Å². The quantitative estimate of drug-likeness (QED) is 0.105. The lowest BCUT2D eigenvalue weighted by Crippen LogP contribution is -2.31. The lowest BCUT2D eigenvalue weighted by Gasteiger charge is -2.13. The molecular weight excluding hydrogens is 801 g/mol. The van der Waals surface area contributed by atoms with Crippen molar-refractivity contribution in [3.8, 4) is 11.1 Å². The zero-order valence-corrected chi connectivity index (χ0v) is 32.8. The second-order valence-electron chi connectivity index (χ2n) is 14.3. The van der Waals surface area contributed by atoms with E-state index >= 15 is 0 Å². The van der Waals surface area contributed by atoms with Gasteiger partial charge in [0.1, 0.15) is 0 Å². The highest BCUT2D eigenvalue weighted by Gasteiger charge is 2.32. The second-order valence-corrected chi connectivity index (χ2v) is 15.2. The summed E-state index contributed by atoms with van der Waals surface area (Å²) in [5, 5.41) is 23.4. The van der Waals surface area contributed by atoms with Crippen molar-refractivity contribution in [3.63, 3.8) is 0 Å². The Labute approximate surface area is 332 Å². The van der Waals surface area contributed by atoms with E-state index in [9.17, 15) is 35.9 Å². The summed E-state index contributed by atoms with van der Waals surface area (Å²) >= 11 is 3.42. The van der Waals surface area contributed by atoms with E-state index in [-0.39, 0.29) is 29.1 Å². The minimum absolute atomic E-state index is 0.0721. The molecule has 2 fully saturated rings. The Bertz CT molecular complexity index is 1930. The summed E-state index contributed by atoms with van der Waals surface area (Å²) in [7, 11) is -1.88. The Morgan fingerprint density at radius 2 is 1.11 bits per heavy atom. The first-order chi connectivity index (χ1) is 26.4. The van der Waals surface area contributed by atoms with Crippen LogP contribution in [0.3, 0.4) is 0 Å². The third-order valence-electron chi connectivity index (χ3n) is 9.66. The van der Waals surface area contributed by atoms with Crippen molar-refractivity contribution >= 4 is 40.3 Å². The topological polar surface area (TPSA) is 98.7 Å². The molecule has 0 bridgehead atoms. The van der Waals surface area contributed by atoms with Crippen LogP contribution in [0.5, 0.6) is 0 Å². The molecule has 0 atom stereocenters. The maximum atomic E-state index is 13.1. The predicted molar refractivity (Wildman–Crippen MR) is 209 cm³/mol. The molecule has 4 aromatic rings. The molecule has 56 heavy (non-hydrogen) atoms. The summed E-state index contributed by atoms with van der Waals surface area (Å²) < 4.78 is 77.0. The maximum absolute atomic E-state index is 13.1. The van der Waals surface area contributed by atoms with Crippen LogP contribution in [0.4, 0.5) is 26.3 Å². The van der Waals surface area contributed by atoms with Gasteiger partial charge in [-0.25, -0.2) is 0 Å². The van der Waals surface area contributed by atoms with Gasteiger partial charge in [-0.2, -0.15) is 26.3 Å². The van der Waals surface area contributed by atoms with E-state index in [0.29, 0.717) is 35.3 Å². The number of rotatable bonds is 8. The summed E-state index contributed by atoms with van der Waals surface area (Å²) in [6.45, 7) is 4.14. The number of hydrogen-bond acceptors (Lipinski definition) is 4. The number of hydrogen-bond donors (Lipinski definition) is 4. The Morgan fingerprint density at radius 3 is 1.59 bits per heavy atom. The molecule has 14 heteroatoms. The second kappa shape index (κ2) is 20.3. The molecular formula is C42H46BBrF6N2O4. The minimum atomic E-state index is -4.46. The van der Waals surface area contributed by atoms with Crippen LogP contribution in [-0.4, -0.2) is 29.0 Å². The number of amides is 2. The third kappa shape index (κ3) is 14.1. The first-order valence-corrected chi connectivity index (χ1v) is 19.3. The Balaban J connectivity index is 0.000000200. The van der Waals surface area contributed by atoms with Gasteiger partial charge >= 0.3 is 19.5 Å². The van der Waals surface area contributed by atoms with E-state index in [1.54, 1.807) is 19.1 Å². The number of alkyl halides is 6. The van der Waals surface area contributed by atoms with E-state index in [1.165, 1.54) is 31.9 Å². The molecule has 2 aliphatic rings. The number of aryl methyl sites for hydroxylation is 2. The molecule has 2 aliphatic carbocycles. The van der Waals surface area contributed by atoms with Crippen LogP contribution in [-0.2, 0) is 35.0 Å². The van der Waals surface area contributed by atoms with Crippen LogP contribution in [0.1, 0.15) is 84.7 Å². The average molecular weight is 848 g/mol. The van der Waals surface area contributed by atoms with Crippen LogP contribution in [0.2, 0.25) is 0 Å². The molecule has 0 aliphatic heterocycles. The van der Waals surface area contributed by atoms with E-state index in [0.717, 1.165) is 72.3 Å². The van der Waals surface area contributed by atoms with Crippen LogP contribution < -0.4 is 16.1 Å². The highest BCUT2D eigenvalue weighted by atomic mass is 79.9. The lowest BCUT2D eigenvalue weighted by molar-refractivity contribution is -0.138. The number of halogens is 7. The monoisotopic (exact) mass is 846 g/mol. The van der Waals surface area contributed by atoms with Crippen molar-refractivity contribution in [2.45, 2.75) is 90.7 Å². The molecule has 300 valence electrons. The highest BCUT2D eigenvalue weighted by molar-refractivity contribution is 9.10. The predicted octanol–water partition coefficient (Wildman–Crippen LogP) is 9.44. The van der Waals surface area contributed by atoms with Gasteiger partial charge < -0.3 is 20.7 Å². The van der Waals surface area contributed by atoms with Crippen molar-refractivity contribution in [2.75, 3.05) is 0 Å². The molecule has 0 heterocycles. The Hall–Kier alpha value is -4.14.